The van der Waals surface area contributed by atoms with Crippen molar-refractivity contribution in [2.45, 2.75) is 13.0 Å². The summed E-state index contributed by atoms with van der Waals surface area (Å²) in [6.07, 6.45) is 1.33. The Hall–Kier alpha value is -1.62. The van der Waals surface area contributed by atoms with E-state index in [1.165, 1.54) is 30.0 Å². The maximum absolute atomic E-state index is 11.4. The Morgan fingerprint density at radius 3 is 2.80 bits per heavy atom. The van der Waals surface area contributed by atoms with Crippen LogP contribution >= 0.6 is 0 Å². The Labute approximate surface area is 86.9 Å². The van der Waals surface area contributed by atoms with Crippen LogP contribution in [-0.4, -0.2) is 29.4 Å². The van der Waals surface area contributed by atoms with Crippen LogP contribution < -0.4 is 5.56 Å². The fourth-order valence-electron chi connectivity index (χ4n) is 1.30. The Kier molecular flexibility index (Phi) is 3.62. The monoisotopic (exact) mass is 211 g/mol. The number of aromatic carboxylic acids is 1. The van der Waals surface area contributed by atoms with E-state index in [0.717, 1.165) is 0 Å². The summed E-state index contributed by atoms with van der Waals surface area (Å²) in [6.45, 7) is 2.15. The molecule has 15 heavy (non-hydrogen) atoms. The summed E-state index contributed by atoms with van der Waals surface area (Å²) in [6, 6.07) is 2.36. The van der Waals surface area contributed by atoms with Crippen LogP contribution in [-0.2, 0) is 4.74 Å². The molecule has 1 heterocycles. The molecular weight excluding hydrogens is 198 g/mol. The average molecular weight is 211 g/mol. The number of hydrogen-bond donors (Lipinski definition) is 1. The second-order valence-corrected chi connectivity index (χ2v) is 3.27. The van der Waals surface area contributed by atoms with Crippen molar-refractivity contribution in [3.63, 3.8) is 0 Å². The third kappa shape index (κ3) is 2.66. The van der Waals surface area contributed by atoms with Gasteiger partial charge in [0.25, 0.3) is 5.56 Å². The van der Waals surface area contributed by atoms with Gasteiger partial charge >= 0.3 is 5.97 Å². The molecule has 5 nitrogen and oxygen atoms in total. The first-order chi connectivity index (χ1) is 7.06. The van der Waals surface area contributed by atoms with Gasteiger partial charge in [0.05, 0.1) is 18.2 Å². The fraction of sp³-hybridized carbons (Fsp3) is 0.400. The van der Waals surface area contributed by atoms with E-state index in [0.29, 0.717) is 6.61 Å². The molecule has 0 bridgehead atoms. The minimum Gasteiger partial charge on any atom is -0.478 e. The summed E-state index contributed by atoms with van der Waals surface area (Å²) in [4.78, 5) is 22.1. The number of methoxy groups -OCH3 is 1. The van der Waals surface area contributed by atoms with Gasteiger partial charge in [0.1, 0.15) is 0 Å². The van der Waals surface area contributed by atoms with Gasteiger partial charge in [-0.2, -0.15) is 0 Å². The smallest absolute Gasteiger partial charge is 0.337 e. The predicted octanol–water partition coefficient (Wildman–Crippen LogP) is 0.754. The quantitative estimate of drug-likeness (QED) is 0.798. The molecule has 0 aromatic carbocycles. The molecule has 1 atom stereocenters. The lowest BCUT2D eigenvalue weighted by atomic mass is 10.2. The molecule has 0 aliphatic rings. The van der Waals surface area contributed by atoms with Gasteiger partial charge in [0, 0.05) is 19.4 Å². The maximum atomic E-state index is 11.4. The molecule has 1 rings (SSSR count). The number of carboxylic acids is 1. The van der Waals surface area contributed by atoms with Crippen LogP contribution in [0.25, 0.3) is 0 Å². The van der Waals surface area contributed by atoms with Crippen LogP contribution in [0.15, 0.2) is 23.1 Å². The zero-order valence-electron chi connectivity index (χ0n) is 8.64. The van der Waals surface area contributed by atoms with Crippen molar-refractivity contribution < 1.29 is 14.6 Å². The Balaban J connectivity index is 3.10. The molecule has 0 spiro atoms. The van der Waals surface area contributed by atoms with Crippen LogP contribution in [0.1, 0.15) is 23.3 Å². The molecular formula is C10H13NO4. The van der Waals surface area contributed by atoms with Crippen LogP contribution in [0.3, 0.4) is 0 Å². The Morgan fingerprint density at radius 1 is 1.60 bits per heavy atom. The lowest BCUT2D eigenvalue weighted by molar-refractivity contribution is 0.0695. The third-order valence-electron chi connectivity index (χ3n) is 2.07. The predicted molar refractivity (Wildman–Crippen MR) is 54.2 cm³/mol. The van der Waals surface area contributed by atoms with E-state index in [-0.39, 0.29) is 17.2 Å². The van der Waals surface area contributed by atoms with E-state index in [1.54, 1.807) is 6.92 Å². The summed E-state index contributed by atoms with van der Waals surface area (Å²) >= 11 is 0. The largest absolute Gasteiger partial charge is 0.478 e. The number of nitrogens with zero attached hydrogens (tertiary/aromatic N) is 1. The second-order valence-electron chi connectivity index (χ2n) is 3.27. The third-order valence-corrected chi connectivity index (χ3v) is 2.07. The van der Waals surface area contributed by atoms with Crippen molar-refractivity contribution in [2.75, 3.05) is 13.7 Å². The number of hydrogen-bond acceptors (Lipinski definition) is 3. The first-order valence-corrected chi connectivity index (χ1v) is 4.50. The van der Waals surface area contributed by atoms with Crippen LogP contribution in [0.2, 0.25) is 0 Å². The molecule has 0 radical (unpaired) electrons. The van der Waals surface area contributed by atoms with Gasteiger partial charge in [-0.25, -0.2) is 4.79 Å². The van der Waals surface area contributed by atoms with Gasteiger partial charge < -0.3 is 14.4 Å². The standard InChI is InChI=1S/C10H13NO4/c1-7(6-15-2)11-5-8(10(13)14)3-4-9(11)12/h3-5,7H,6H2,1-2H3,(H,13,14). The first kappa shape index (κ1) is 11.5. The molecule has 0 aliphatic heterocycles. The van der Waals surface area contributed by atoms with Crippen molar-refractivity contribution in [1.29, 1.82) is 0 Å². The van der Waals surface area contributed by atoms with E-state index >= 15 is 0 Å². The summed E-state index contributed by atoms with van der Waals surface area (Å²) in [5, 5.41) is 8.77. The lowest BCUT2D eigenvalue weighted by Crippen LogP contribution is -2.25. The molecule has 0 saturated carbocycles. The Morgan fingerprint density at radius 2 is 2.27 bits per heavy atom. The van der Waals surface area contributed by atoms with Crippen molar-refractivity contribution in [2.24, 2.45) is 0 Å². The highest BCUT2D eigenvalue weighted by molar-refractivity contribution is 5.87. The van der Waals surface area contributed by atoms with E-state index < -0.39 is 5.97 Å². The van der Waals surface area contributed by atoms with Crippen LogP contribution in [0, 0.1) is 0 Å². The van der Waals surface area contributed by atoms with Gasteiger partial charge in [0.15, 0.2) is 0 Å². The molecule has 5 heteroatoms. The summed E-state index contributed by atoms with van der Waals surface area (Å²) < 4.78 is 6.26. The van der Waals surface area contributed by atoms with Gasteiger partial charge in [-0.1, -0.05) is 0 Å². The number of ether oxygens (including phenoxy) is 1. The Bertz CT molecular complexity index is 410. The zero-order valence-corrected chi connectivity index (χ0v) is 8.64. The summed E-state index contributed by atoms with van der Waals surface area (Å²) in [5.74, 6) is -1.05. The van der Waals surface area contributed by atoms with E-state index in [2.05, 4.69) is 0 Å². The average Bonchev–Trinajstić information content (AvgIpc) is 2.18. The number of rotatable bonds is 4. The van der Waals surface area contributed by atoms with Gasteiger partial charge in [-0.05, 0) is 13.0 Å². The molecule has 1 unspecified atom stereocenters. The number of pyridine rings is 1. The van der Waals surface area contributed by atoms with Gasteiger partial charge in [-0.3, -0.25) is 4.79 Å². The highest BCUT2D eigenvalue weighted by Crippen LogP contribution is 2.04. The minimum atomic E-state index is -1.05. The van der Waals surface area contributed by atoms with Crippen molar-refractivity contribution in [3.05, 3.63) is 34.2 Å². The molecule has 1 N–H and O–H groups in total. The van der Waals surface area contributed by atoms with E-state index in [1.807, 2.05) is 0 Å². The molecule has 82 valence electrons. The van der Waals surface area contributed by atoms with Crippen molar-refractivity contribution in [3.8, 4) is 0 Å². The molecule has 0 amide bonds. The minimum absolute atomic E-state index is 0.0950. The van der Waals surface area contributed by atoms with Crippen LogP contribution in [0.4, 0.5) is 0 Å². The normalized spacial score (nSPS) is 12.4. The van der Waals surface area contributed by atoms with Gasteiger partial charge in [-0.15, -0.1) is 0 Å². The molecule has 0 fully saturated rings. The van der Waals surface area contributed by atoms with Crippen molar-refractivity contribution >= 4 is 5.97 Å². The number of carbonyl (C=O) groups is 1. The first-order valence-electron chi connectivity index (χ1n) is 4.50. The highest BCUT2D eigenvalue weighted by Gasteiger charge is 2.09. The second kappa shape index (κ2) is 4.75. The van der Waals surface area contributed by atoms with Crippen molar-refractivity contribution in [1.82, 2.24) is 4.57 Å². The molecule has 0 saturated heterocycles. The highest BCUT2D eigenvalue weighted by atomic mass is 16.5. The number of aromatic nitrogens is 1. The van der Waals surface area contributed by atoms with Crippen LogP contribution in [0.5, 0.6) is 0 Å². The molecule has 1 aromatic rings. The maximum Gasteiger partial charge on any atom is 0.337 e. The summed E-state index contributed by atoms with van der Waals surface area (Å²) in [7, 11) is 1.53. The summed E-state index contributed by atoms with van der Waals surface area (Å²) in [5.41, 5.74) is -0.137. The molecule has 1 aromatic heterocycles. The molecule has 0 aliphatic carbocycles. The zero-order chi connectivity index (χ0) is 11.4. The van der Waals surface area contributed by atoms with E-state index in [9.17, 15) is 9.59 Å². The topological polar surface area (TPSA) is 68.5 Å². The number of carboxylic acid groups (broad SMARTS) is 1. The van der Waals surface area contributed by atoms with Gasteiger partial charge in [0.2, 0.25) is 0 Å². The fourth-order valence-corrected chi connectivity index (χ4v) is 1.30. The SMILES string of the molecule is COCC(C)n1cc(C(=O)O)ccc1=O. The lowest BCUT2D eigenvalue weighted by Gasteiger charge is -2.14. The van der Waals surface area contributed by atoms with E-state index in [4.69, 9.17) is 9.84 Å².